The van der Waals surface area contributed by atoms with E-state index in [0.29, 0.717) is 19.3 Å². The molecule has 0 aliphatic carbocycles. The summed E-state index contributed by atoms with van der Waals surface area (Å²) in [6.07, 6.45) is 3.92. The third-order valence-electron chi connectivity index (χ3n) is 5.33. The summed E-state index contributed by atoms with van der Waals surface area (Å²) in [5, 5.41) is 3.13. The van der Waals surface area contributed by atoms with E-state index in [1.807, 2.05) is 4.90 Å². The quantitative estimate of drug-likeness (QED) is 0.844. The van der Waals surface area contributed by atoms with Crippen molar-refractivity contribution in [2.75, 3.05) is 45.9 Å². The maximum Gasteiger partial charge on any atom is 0.317 e. The highest BCUT2D eigenvalue weighted by atomic mass is 16.5. The maximum atomic E-state index is 12.1. The van der Waals surface area contributed by atoms with E-state index < -0.39 is 0 Å². The fourth-order valence-corrected chi connectivity index (χ4v) is 4.01. The van der Waals surface area contributed by atoms with Crippen LogP contribution in [0.5, 0.6) is 0 Å². The van der Waals surface area contributed by atoms with Crippen molar-refractivity contribution in [1.29, 1.82) is 0 Å². The van der Waals surface area contributed by atoms with E-state index in [2.05, 4.69) is 17.1 Å². The number of fused-ring (bicyclic) bond motifs is 3. The number of carbonyl (C=O) groups is 1. The molecule has 2 amide bonds. The summed E-state index contributed by atoms with van der Waals surface area (Å²) in [4.78, 5) is 16.6. The highest BCUT2D eigenvalue weighted by Gasteiger charge is 2.39. The Kier molecular flexibility index (Phi) is 4.46. The molecule has 4 aliphatic heterocycles. The monoisotopic (exact) mass is 281 g/mol. The zero-order valence-corrected chi connectivity index (χ0v) is 12.5. The molecular formula is C15H27N3O2. The lowest BCUT2D eigenvalue weighted by molar-refractivity contribution is 0.000281. The Morgan fingerprint density at radius 2 is 2.10 bits per heavy atom. The zero-order chi connectivity index (χ0) is 13.9. The first-order valence-corrected chi connectivity index (χ1v) is 8.12. The van der Waals surface area contributed by atoms with Gasteiger partial charge in [-0.15, -0.1) is 0 Å². The number of nitrogens with zero attached hydrogens (tertiary/aromatic N) is 2. The number of rotatable bonds is 3. The second-order valence-corrected chi connectivity index (χ2v) is 6.39. The summed E-state index contributed by atoms with van der Waals surface area (Å²) in [5.41, 5.74) is 0. The van der Waals surface area contributed by atoms with Crippen LogP contribution in [0.15, 0.2) is 0 Å². The molecule has 0 aromatic rings. The average molecular weight is 281 g/mol. The largest absolute Gasteiger partial charge is 0.378 e. The van der Waals surface area contributed by atoms with Gasteiger partial charge in [0.25, 0.3) is 0 Å². The number of urea groups is 1. The van der Waals surface area contributed by atoms with Gasteiger partial charge in [0.2, 0.25) is 0 Å². The molecule has 0 aromatic heterocycles. The van der Waals surface area contributed by atoms with Gasteiger partial charge in [0.05, 0.1) is 13.2 Å². The summed E-state index contributed by atoms with van der Waals surface area (Å²) in [7, 11) is 0. The highest BCUT2D eigenvalue weighted by Crippen LogP contribution is 2.37. The minimum atomic E-state index is 0.0861. The van der Waals surface area contributed by atoms with Crippen molar-refractivity contribution in [3.8, 4) is 0 Å². The van der Waals surface area contributed by atoms with Crippen LogP contribution in [-0.2, 0) is 4.74 Å². The maximum absolute atomic E-state index is 12.1. The Hall–Kier alpha value is -0.810. The Balaban J connectivity index is 1.46. The predicted octanol–water partition coefficient (Wildman–Crippen LogP) is 1.15. The molecule has 4 atom stereocenters. The van der Waals surface area contributed by atoms with Crippen LogP contribution in [-0.4, -0.2) is 67.8 Å². The van der Waals surface area contributed by atoms with Gasteiger partial charge in [0.15, 0.2) is 0 Å². The fourth-order valence-electron chi connectivity index (χ4n) is 4.01. The average Bonchev–Trinajstić information content (AvgIpc) is 2.53. The second-order valence-electron chi connectivity index (χ2n) is 6.39. The molecule has 0 radical (unpaired) electrons. The standard InChI is InChI=1S/C15H27N3O2/c1-2-12-11-18-4-3-13(12)9-14(18)10-16-15(19)17-5-7-20-8-6-17/h12-14H,2-11H2,1H3,(H,16,19)/t12-,13+,14+/m0/s1. The first-order valence-electron chi connectivity index (χ1n) is 8.12. The van der Waals surface area contributed by atoms with E-state index in [1.165, 1.54) is 32.4 Å². The number of nitrogens with one attached hydrogen (secondary N) is 1. The first-order chi connectivity index (χ1) is 9.78. The van der Waals surface area contributed by atoms with Gasteiger partial charge >= 0.3 is 6.03 Å². The van der Waals surface area contributed by atoms with Crippen molar-refractivity contribution in [2.24, 2.45) is 11.8 Å². The van der Waals surface area contributed by atoms with E-state index in [-0.39, 0.29) is 6.03 Å². The minimum absolute atomic E-state index is 0.0861. The Morgan fingerprint density at radius 1 is 1.30 bits per heavy atom. The molecule has 114 valence electrons. The van der Waals surface area contributed by atoms with Crippen LogP contribution in [0.2, 0.25) is 0 Å². The molecule has 4 aliphatic rings. The Bertz CT molecular complexity index is 344. The van der Waals surface area contributed by atoms with E-state index in [4.69, 9.17) is 4.74 Å². The molecule has 0 aromatic carbocycles. The number of morpholine rings is 1. The first kappa shape index (κ1) is 14.1. The zero-order valence-electron chi connectivity index (χ0n) is 12.5. The van der Waals surface area contributed by atoms with Crippen LogP contribution in [0.4, 0.5) is 4.79 Å². The second kappa shape index (κ2) is 6.31. The molecule has 4 fully saturated rings. The van der Waals surface area contributed by atoms with Gasteiger partial charge in [0.1, 0.15) is 0 Å². The molecular weight excluding hydrogens is 254 g/mol. The van der Waals surface area contributed by atoms with Gasteiger partial charge in [0, 0.05) is 32.2 Å². The lowest BCUT2D eigenvalue weighted by Crippen LogP contribution is -2.57. The lowest BCUT2D eigenvalue weighted by Gasteiger charge is -2.50. The number of hydrogen-bond donors (Lipinski definition) is 1. The van der Waals surface area contributed by atoms with Crippen molar-refractivity contribution in [3.63, 3.8) is 0 Å². The van der Waals surface area contributed by atoms with Crippen LogP contribution >= 0.6 is 0 Å². The summed E-state index contributed by atoms with van der Waals surface area (Å²) >= 11 is 0. The highest BCUT2D eigenvalue weighted by molar-refractivity contribution is 5.74. The van der Waals surface area contributed by atoms with E-state index >= 15 is 0 Å². The number of piperidine rings is 3. The minimum Gasteiger partial charge on any atom is -0.378 e. The molecule has 5 heteroatoms. The van der Waals surface area contributed by atoms with E-state index in [9.17, 15) is 4.79 Å². The topological polar surface area (TPSA) is 44.8 Å². The fraction of sp³-hybridized carbons (Fsp3) is 0.933. The molecule has 0 spiro atoms. The SMILES string of the molecule is CC[C@H]1CN2CC[C@@H]1C[C@@H]2CNC(=O)N1CCOCC1. The van der Waals surface area contributed by atoms with Crippen molar-refractivity contribution in [3.05, 3.63) is 0 Å². The Morgan fingerprint density at radius 3 is 2.75 bits per heavy atom. The van der Waals surface area contributed by atoms with Gasteiger partial charge in [-0.25, -0.2) is 4.79 Å². The van der Waals surface area contributed by atoms with Crippen LogP contribution in [0.1, 0.15) is 26.2 Å². The van der Waals surface area contributed by atoms with Crippen molar-refractivity contribution in [1.82, 2.24) is 15.1 Å². The molecule has 4 rings (SSSR count). The van der Waals surface area contributed by atoms with Crippen molar-refractivity contribution >= 4 is 6.03 Å². The van der Waals surface area contributed by atoms with Crippen LogP contribution in [0.3, 0.4) is 0 Å². The number of carbonyl (C=O) groups excluding carboxylic acids is 1. The van der Waals surface area contributed by atoms with Gasteiger partial charge in [-0.05, 0) is 31.2 Å². The summed E-state index contributed by atoms with van der Waals surface area (Å²) < 4.78 is 5.28. The van der Waals surface area contributed by atoms with Crippen LogP contribution < -0.4 is 5.32 Å². The van der Waals surface area contributed by atoms with Crippen LogP contribution in [0.25, 0.3) is 0 Å². The lowest BCUT2D eigenvalue weighted by atomic mass is 9.74. The molecule has 4 heterocycles. The molecule has 1 unspecified atom stereocenters. The van der Waals surface area contributed by atoms with Crippen molar-refractivity contribution < 1.29 is 9.53 Å². The third kappa shape index (κ3) is 2.93. The Labute approximate surface area is 121 Å². The van der Waals surface area contributed by atoms with E-state index in [1.54, 1.807) is 0 Å². The number of amides is 2. The molecule has 2 bridgehead atoms. The molecule has 0 saturated carbocycles. The summed E-state index contributed by atoms with van der Waals surface area (Å²) in [6, 6.07) is 0.643. The normalized spacial score (nSPS) is 37.0. The van der Waals surface area contributed by atoms with Gasteiger partial charge in [-0.2, -0.15) is 0 Å². The smallest absolute Gasteiger partial charge is 0.317 e. The van der Waals surface area contributed by atoms with Gasteiger partial charge in [-0.3, -0.25) is 4.90 Å². The van der Waals surface area contributed by atoms with Gasteiger partial charge < -0.3 is 15.0 Å². The molecule has 20 heavy (non-hydrogen) atoms. The van der Waals surface area contributed by atoms with Crippen molar-refractivity contribution in [2.45, 2.75) is 32.2 Å². The predicted molar refractivity (Wildman–Crippen MR) is 77.7 cm³/mol. The number of hydrogen-bond acceptors (Lipinski definition) is 3. The van der Waals surface area contributed by atoms with Gasteiger partial charge in [-0.1, -0.05) is 13.3 Å². The molecule has 5 nitrogen and oxygen atoms in total. The third-order valence-corrected chi connectivity index (χ3v) is 5.33. The number of ether oxygens (including phenoxy) is 1. The summed E-state index contributed by atoms with van der Waals surface area (Å²) in [6.45, 7) is 8.36. The van der Waals surface area contributed by atoms with Crippen LogP contribution in [0, 0.1) is 11.8 Å². The summed E-state index contributed by atoms with van der Waals surface area (Å²) in [5.74, 6) is 1.77. The van der Waals surface area contributed by atoms with E-state index in [0.717, 1.165) is 31.5 Å². The molecule has 1 N–H and O–H groups in total. The molecule has 4 saturated heterocycles.